The van der Waals surface area contributed by atoms with Crippen LogP contribution in [0.15, 0.2) is 6.33 Å². The molecule has 0 unspecified atom stereocenters. The van der Waals surface area contributed by atoms with Crippen molar-refractivity contribution in [1.29, 1.82) is 0 Å². The van der Waals surface area contributed by atoms with Gasteiger partial charge in [0.25, 0.3) is 0 Å². The first kappa shape index (κ1) is 18.9. The van der Waals surface area contributed by atoms with E-state index in [4.69, 9.17) is 17.0 Å². The molecule has 1 fully saturated rings. The highest BCUT2D eigenvalue weighted by Gasteiger charge is 2.42. The molecule has 10 heteroatoms. The fourth-order valence-electron chi connectivity index (χ4n) is 2.92. The van der Waals surface area contributed by atoms with E-state index in [9.17, 15) is 10.2 Å². The largest absolute Gasteiger partial charge is 0.388 e. The standard InChI is InChI=1S/C16H24N6O3S/c1-8-12(23)13(24)16(25-8)22-7-18-11-14(17-3)19-10(20-15(11)22)5-6-21(4)9(2)26/h7-8,12-13,16,23-24H,5-6H2,1-4H3,(H,17,19,20)/t8-,12-,13-,16-/m1/s1. The van der Waals surface area contributed by atoms with Crippen LogP contribution >= 0.6 is 12.2 Å². The van der Waals surface area contributed by atoms with E-state index >= 15 is 0 Å². The monoisotopic (exact) mass is 380 g/mol. The van der Waals surface area contributed by atoms with Crippen LogP contribution in [0.2, 0.25) is 0 Å². The first-order valence-electron chi connectivity index (χ1n) is 8.48. The summed E-state index contributed by atoms with van der Waals surface area (Å²) in [7, 11) is 3.69. The van der Waals surface area contributed by atoms with Gasteiger partial charge in [-0.1, -0.05) is 12.2 Å². The summed E-state index contributed by atoms with van der Waals surface area (Å²) < 4.78 is 7.34. The summed E-state index contributed by atoms with van der Waals surface area (Å²) in [5, 5.41) is 23.3. The number of aliphatic hydroxyl groups excluding tert-OH is 2. The molecule has 0 aromatic carbocycles. The van der Waals surface area contributed by atoms with Gasteiger partial charge in [0, 0.05) is 27.1 Å². The Morgan fingerprint density at radius 1 is 1.38 bits per heavy atom. The third-order valence-electron chi connectivity index (χ3n) is 4.66. The van der Waals surface area contributed by atoms with E-state index in [1.807, 2.05) is 18.9 Å². The fraction of sp³-hybridized carbons (Fsp3) is 0.625. The molecular formula is C16H24N6O3S. The number of imidazole rings is 1. The molecule has 3 heterocycles. The smallest absolute Gasteiger partial charge is 0.167 e. The molecule has 9 nitrogen and oxygen atoms in total. The van der Waals surface area contributed by atoms with Crippen LogP contribution in [0.4, 0.5) is 5.82 Å². The van der Waals surface area contributed by atoms with Crippen molar-refractivity contribution in [2.75, 3.05) is 26.0 Å². The van der Waals surface area contributed by atoms with E-state index in [-0.39, 0.29) is 0 Å². The Bertz CT molecular complexity index is 813. The SMILES string of the molecule is CNc1nc(CCN(C)C(C)=S)nc2c1ncn2[C@@H]1O[C@H](C)[C@@H](O)[C@H]1O. The number of aromatic nitrogens is 4. The number of nitrogens with zero attached hydrogens (tertiary/aromatic N) is 5. The molecule has 3 N–H and O–H groups in total. The summed E-state index contributed by atoms with van der Waals surface area (Å²) in [6.45, 7) is 4.28. The molecule has 1 aliphatic heterocycles. The van der Waals surface area contributed by atoms with E-state index in [2.05, 4.69) is 20.3 Å². The second-order valence-electron chi connectivity index (χ2n) is 6.47. The van der Waals surface area contributed by atoms with E-state index in [0.717, 1.165) is 4.99 Å². The third-order valence-corrected chi connectivity index (χ3v) is 4.98. The lowest BCUT2D eigenvalue weighted by Crippen LogP contribution is -2.30. The average Bonchev–Trinajstić information content (AvgIpc) is 3.15. The minimum Gasteiger partial charge on any atom is -0.388 e. The minimum atomic E-state index is -1.05. The Labute approximate surface area is 157 Å². The van der Waals surface area contributed by atoms with Gasteiger partial charge in [-0.25, -0.2) is 15.0 Å². The highest BCUT2D eigenvalue weighted by Crippen LogP contribution is 2.32. The molecule has 0 bridgehead atoms. The number of rotatable bonds is 5. The molecule has 3 rings (SSSR count). The lowest BCUT2D eigenvalue weighted by Gasteiger charge is -2.18. The van der Waals surface area contributed by atoms with Crippen LogP contribution in [0, 0.1) is 0 Å². The lowest BCUT2D eigenvalue weighted by molar-refractivity contribution is -0.0299. The molecule has 2 aromatic rings. The zero-order valence-corrected chi connectivity index (χ0v) is 16.1. The summed E-state index contributed by atoms with van der Waals surface area (Å²) in [6, 6.07) is 0. The molecule has 0 radical (unpaired) electrons. The quantitative estimate of drug-likeness (QED) is 0.632. The third kappa shape index (κ3) is 3.37. The van der Waals surface area contributed by atoms with Crippen LogP contribution in [0.25, 0.3) is 11.2 Å². The maximum Gasteiger partial charge on any atom is 0.167 e. The molecule has 0 aliphatic carbocycles. The number of aliphatic hydroxyl groups is 2. The number of ether oxygens (including phenoxy) is 1. The minimum absolute atomic E-state index is 0.475. The van der Waals surface area contributed by atoms with Gasteiger partial charge in [-0.2, -0.15) is 0 Å². The van der Waals surface area contributed by atoms with Crippen LogP contribution in [0.1, 0.15) is 25.9 Å². The molecule has 142 valence electrons. The fourth-order valence-corrected chi connectivity index (χ4v) is 3.01. The highest BCUT2D eigenvalue weighted by atomic mass is 32.1. The number of nitrogens with one attached hydrogen (secondary N) is 1. The zero-order chi connectivity index (χ0) is 19.0. The van der Waals surface area contributed by atoms with Gasteiger partial charge in [0.05, 0.1) is 17.4 Å². The topological polar surface area (TPSA) is 109 Å². The van der Waals surface area contributed by atoms with Gasteiger partial charge in [0.15, 0.2) is 23.2 Å². The van der Waals surface area contributed by atoms with Gasteiger partial charge in [0.1, 0.15) is 18.0 Å². The second kappa shape index (κ2) is 7.39. The summed E-state index contributed by atoms with van der Waals surface area (Å²) >= 11 is 5.16. The molecule has 26 heavy (non-hydrogen) atoms. The van der Waals surface area contributed by atoms with Crippen molar-refractivity contribution in [3.05, 3.63) is 12.2 Å². The molecule has 0 saturated carbocycles. The van der Waals surface area contributed by atoms with Gasteiger partial charge >= 0.3 is 0 Å². The van der Waals surface area contributed by atoms with Crippen LogP contribution in [-0.2, 0) is 11.2 Å². The molecule has 1 aliphatic rings. The number of hydrogen-bond donors (Lipinski definition) is 3. The van der Waals surface area contributed by atoms with E-state index in [0.29, 0.717) is 35.8 Å². The number of thiocarbonyl (C=S) groups is 1. The lowest BCUT2D eigenvalue weighted by atomic mass is 10.1. The second-order valence-corrected chi connectivity index (χ2v) is 7.06. The summed E-state index contributed by atoms with van der Waals surface area (Å²) in [5.41, 5.74) is 1.13. The average molecular weight is 380 g/mol. The van der Waals surface area contributed by atoms with Crippen molar-refractivity contribution >= 4 is 34.2 Å². The molecule has 1 saturated heterocycles. The molecule has 0 spiro atoms. The Balaban J connectivity index is 1.96. The summed E-state index contributed by atoms with van der Waals surface area (Å²) in [5.74, 6) is 1.24. The molecule has 0 amide bonds. The van der Waals surface area contributed by atoms with E-state index in [1.165, 1.54) is 0 Å². The predicted octanol–water partition coefficient (Wildman–Crippen LogP) is 0.329. The van der Waals surface area contributed by atoms with Crippen LogP contribution < -0.4 is 5.32 Å². The van der Waals surface area contributed by atoms with Gasteiger partial charge in [-0.15, -0.1) is 0 Å². The Hall–Kier alpha value is -1.88. The van der Waals surface area contributed by atoms with Crippen molar-refractivity contribution in [3.8, 4) is 0 Å². The van der Waals surface area contributed by atoms with Crippen molar-refractivity contribution < 1.29 is 14.9 Å². The highest BCUT2D eigenvalue weighted by molar-refractivity contribution is 7.80. The van der Waals surface area contributed by atoms with Gasteiger partial charge in [-0.05, 0) is 13.8 Å². The van der Waals surface area contributed by atoms with E-state index in [1.54, 1.807) is 24.9 Å². The molecule has 4 atom stereocenters. The Morgan fingerprint density at radius 2 is 2.12 bits per heavy atom. The zero-order valence-electron chi connectivity index (χ0n) is 15.2. The van der Waals surface area contributed by atoms with Crippen molar-refractivity contribution in [3.63, 3.8) is 0 Å². The Morgan fingerprint density at radius 3 is 2.69 bits per heavy atom. The van der Waals surface area contributed by atoms with Gasteiger partial charge in [0.2, 0.25) is 0 Å². The summed E-state index contributed by atoms with van der Waals surface area (Å²) in [4.78, 5) is 16.2. The molecule has 2 aromatic heterocycles. The van der Waals surface area contributed by atoms with Crippen LogP contribution in [-0.4, -0.2) is 78.6 Å². The number of likely N-dealkylation sites (N-methyl/N-ethyl adjacent to an activating group) is 1. The predicted molar refractivity (Wildman–Crippen MR) is 101 cm³/mol. The number of hydrogen-bond acceptors (Lipinski definition) is 8. The first-order chi connectivity index (χ1) is 12.3. The van der Waals surface area contributed by atoms with Crippen LogP contribution in [0.5, 0.6) is 0 Å². The van der Waals surface area contributed by atoms with Gasteiger partial charge < -0.3 is 25.2 Å². The van der Waals surface area contributed by atoms with Gasteiger partial charge in [-0.3, -0.25) is 4.57 Å². The normalized spacial score (nSPS) is 25.6. The van der Waals surface area contributed by atoms with Crippen molar-refractivity contribution in [1.82, 2.24) is 24.4 Å². The number of anilines is 1. The first-order valence-corrected chi connectivity index (χ1v) is 8.88. The maximum atomic E-state index is 10.3. The maximum absolute atomic E-state index is 10.3. The van der Waals surface area contributed by atoms with Crippen molar-refractivity contribution in [2.24, 2.45) is 0 Å². The van der Waals surface area contributed by atoms with Crippen LogP contribution in [0.3, 0.4) is 0 Å². The molecular weight excluding hydrogens is 356 g/mol. The van der Waals surface area contributed by atoms with Crippen molar-refractivity contribution in [2.45, 2.75) is 44.8 Å². The number of fused-ring (bicyclic) bond motifs is 1. The van der Waals surface area contributed by atoms with E-state index < -0.39 is 24.5 Å². The summed E-state index contributed by atoms with van der Waals surface area (Å²) in [6.07, 6.45) is -1.08. The Kier molecular flexibility index (Phi) is 5.37.